The molecule has 1 aliphatic heterocycles. The van der Waals surface area contributed by atoms with E-state index in [9.17, 15) is 4.79 Å². The standard InChI is InChI=1S/C26H29N7O3/c1-3-4-17-36-22-9-5-19(6-10-22)26(34)32-15-13-31(14-16-32)24-23-25(28-18-27-24)33(30-29-23)20-7-11-21(35-2)12-8-20/h5-12,18H,3-4,13-17H2,1-2H3. The summed E-state index contributed by atoms with van der Waals surface area (Å²) in [5.74, 6) is 2.30. The molecule has 0 N–H and O–H groups in total. The van der Waals surface area contributed by atoms with Crippen molar-refractivity contribution in [3.05, 3.63) is 60.4 Å². The van der Waals surface area contributed by atoms with Crippen LogP contribution in [-0.4, -0.2) is 75.7 Å². The highest BCUT2D eigenvalue weighted by molar-refractivity contribution is 5.94. The number of carbonyl (C=O) groups excluding carboxylic acids is 1. The molecule has 10 heteroatoms. The van der Waals surface area contributed by atoms with Crippen LogP contribution < -0.4 is 14.4 Å². The van der Waals surface area contributed by atoms with Crippen molar-refractivity contribution in [2.45, 2.75) is 19.8 Å². The molecule has 4 aromatic rings. The lowest BCUT2D eigenvalue weighted by Crippen LogP contribution is -2.49. The highest BCUT2D eigenvalue weighted by Crippen LogP contribution is 2.25. The number of amides is 1. The molecule has 1 aliphatic rings. The fourth-order valence-electron chi connectivity index (χ4n) is 4.20. The van der Waals surface area contributed by atoms with Crippen LogP contribution in [0.15, 0.2) is 54.9 Å². The van der Waals surface area contributed by atoms with E-state index in [1.165, 1.54) is 6.33 Å². The molecule has 5 rings (SSSR count). The van der Waals surface area contributed by atoms with E-state index >= 15 is 0 Å². The molecule has 0 saturated carbocycles. The average molecular weight is 488 g/mol. The van der Waals surface area contributed by atoms with Crippen molar-refractivity contribution in [3.8, 4) is 17.2 Å². The number of anilines is 1. The van der Waals surface area contributed by atoms with Crippen LogP contribution in [0.4, 0.5) is 5.82 Å². The summed E-state index contributed by atoms with van der Waals surface area (Å²) in [6, 6.07) is 14.9. The number of carbonyl (C=O) groups is 1. The molecule has 2 aromatic heterocycles. The van der Waals surface area contributed by atoms with Crippen LogP contribution in [0, 0.1) is 0 Å². The predicted octanol–water partition coefficient (Wildman–Crippen LogP) is 3.36. The summed E-state index contributed by atoms with van der Waals surface area (Å²) >= 11 is 0. The molecule has 3 heterocycles. The number of aromatic nitrogens is 5. The fraction of sp³-hybridized carbons (Fsp3) is 0.346. The zero-order valence-corrected chi connectivity index (χ0v) is 20.5. The van der Waals surface area contributed by atoms with Gasteiger partial charge in [-0.2, -0.15) is 4.68 Å². The molecule has 0 radical (unpaired) electrons. The van der Waals surface area contributed by atoms with Crippen LogP contribution in [0.2, 0.25) is 0 Å². The third kappa shape index (κ3) is 4.79. The number of unbranched alkanes of at least 4 members (excludes halogenated alkanes) is 1. The second-order valence-electron chi connectivity index (χ2n) is 8.57. The number of benzene rings is 2. The number of ether oxygens (including phenoxy) is 2. The molecule has 36 heavy (non-hydrogen) atoms. The maximum atomic E-state index is 13.0. The van der Waals surface area contributed by atoms with Crippen molar-refractivity contribution in [1.82, 2.24) is 29.9 Å². The monoisotopic (exact) mass is 487 g/mol. The summed E-state index contributed by atoms with van der Waals surface area (Å²) in [4.78, 5) is 26.0. The predicted molar refractivity (Wildman–Crippen MR) is 136 cm³/mol. The maximum absolute atomic E-state index is 13.0. The minimum Gasteiger partial charge on any atom is -0.497 e. The third-order valence-corrected chi connectivity index (χ3v) is 6.27. The van der Waals surface area contributed by atoms with E-state index in [-0.39, 0.29) is 5.91 Å². The molecule has 0 bridgehead atoms. The summed E-state index contributed by atoms with van der Waals surface area (Å²) < 4.78 is 12.6. The van der Waals surface area contributed by atoms with Gasteiger partial charge in [0.15, 0.2) is 17.0 Å². The molecule has 2 aromatic carbocycles. The minimum absolute atomic E-state index is 0.0213. The molecule has 10 nitrogen and oxygen atoms in total. The van der Waals surface area contributed by atoms with Crippen LogP contribution in [0.1, 0.15) is 30.1 Å². The normalized spacial score (nSPS) is 13.7. The second-order valence-corrected chi connectivity index (χ2v) is 8.57. The Morgan fingerprint density at radius 2 is 1.67 bits per heavy atom. The number of rotatable bonds is 8. The molecule has 0 spiro atoms. The zero-order valence-electron chi connectivity index (χ0n) is 20.5. The Balaban J connectivity index is 1.26. The Morgan fingerprint density at radius 1 is 0.944 bits per heavy atom. The lowest BCUT2D eigenvalue weighted by atomic mass is 10.1. The molecule has 1 saturated heterocycles. The zero-order chi connectivity index (χ0) is 24.9. The van der Waals surface area contributed by atoms with Gasteiger partial charge in [0.25, 0.3) is 5.91 Å². The van der Waals surface area contributed by atoms with Crippen LogP contribution in [-0.2, 0) is 0 Å². The smallest absolute Gasteiger partial charge is 0.253 e. The number of piperazine rings is 1. The SMILES string of the molecule is CCCCOc1ccc(C(=O)N2CCN(c3ncnc4c3nnn4-c3ccc(OC)cc3)CC2)cc1. The number of fused-ring (bicyclic) bond motifs is 1. The van der Waals surface area contributed by atoms with Crippen molar-refractivity contribution >= 4 is 22.9 Å². The van der Waals surface area contributed by atoms with Crippen molar-refractivity contribution < 1.29 is 14.3 Å². The van der Waals surface area contributed by atoms with Gasteiger partial charge in [0.1, 0.15) is 17.8 Å². The Hall–Kier alpha value is -4.21. The summed E-state index contributed by atoms with van der Waals surface area (Å²) in [5, 5.41) is 8.68. The fourth-order valence-corrected chi connectivity index (χ4v) is 4.20. The topological polar surface area (TPSA) is 98.5 Å². The van der Waals surface area contributed by atoms with Crippen molar-refractivity contribution in [1.29, 1.82) is 0 Å². The molecular weight excluding hydrogens is 458 g/mol. The summed E-state index contributed by atoms with van der Waals surface area (Å²) in [6.07, 6.45) is 3.63. The lowest BCUT2D eigenvalue weighted by Gasteiger charge is -2.35. The number of methoxy groups -OCH3 is 1. The van der Waals surface area contributed by atoms with Gasteiger partial charge in [-0.1, -0.05) is 18.6 Å². The van der Waals surface area contributed by atoms with E-state index in [4.69, 9.17) is 9.47 Å². The highest BCUT2D eigenvalue weighted by atomic mass is 16.5. The van der Waals surface area contributed by atoms with Gasteiger partial charge in [-0.25, -0.2) is 9.97 Å². The average Bonchev–Trinajstić information content (AvgIpc) is 3.38. The van der Waals surface area contributed by atoms with Crippen molar-refractivity contribution in [3.63, 3.8) is 0 Å². The number of nitrogens with zero attached hydrogens (tertiary/aromatic N) is 7. The first kappa shape index (κ1) is 23.5. The van der Waals surface area contributed by atoms with E-state index in [0.29, 0.717) is 49.5 Å². The largest absolute Gasteiger partial charge is 0.497 e. The minimum atomic E-state index is 0.0213. The van der Waals surface area contributed by atoms with Gasteiger partial charge in [0, 0.05) is 31.7 Å². The van der Waals surface area contributed by atoms with Crippen molar-refractivity contribution in [2.75, 3.05) is 44.8 Å². The van der Waals surface area contributed by atoms with E-state index in [0.717, 1.165) is 35.8 Å². The summed E-state index contributed by atoms with van der Waals surface area (Å²) in [6.45, 7) is 5.29. The summed E-state index contributed by atoms with van der Waals surface area (Å²) in [5.41, 5.74) is 2.76. The van der Waals surface area contributed by atoms with E-state index < -0.39 is 0 Å². The van der Waals surface area contributed by atoms with Crippen LogP contribution in [0.5, 0.6) is 11.5 Å². The van der Waals surface area contributed by atoms with Gasteiger partial charge in [0.05, 0.1) is 19.4 Å². The Labute approximate surface area is 209 Å². The first-order valence-electron chi connectivity index (χ1n) is 12.2. The first-order valence-corrected chi connectivity index (χ1v) is 12.2. The molecule has 1 amide bonds. The van der Waals surface area contributed by atoms with E-state index in [2.05, 4.69) is 32.1 Å². The quantitative estimate of drug-likeness (QED) is 0.349. The molecule has 0 aliphatic carbocycles. The van der Waals surface area contributed by atoms with Gasteiger partial charge in [-0.15, -0.1) is 5.10 Å². The molecular formula is C26H29N7O3. The Morgan fingerprint density at radius 3 is 2.36 bits per heavy atom. The first-order chi connectivity index (χ1) is 17.7. The van der Waals surface area contributed by atoms with E-state index in [1.807, 2.05) is 53.4 Å². The second kappa shape index (κ2) is 10.6. The lowest BCUT2D eigenvalue weighted by molar-refractivity contribution is 0.0746. The molecule has 0 unspecified atom stereocenters. The number of hydrogen-bond acceptors (Lipinski definition) is 8. The van der Waals surface area contributed by atoms with Crippen LogP contribution >= 0.6 is 0 Å². The molecule has 0 atom stereocenters. The van der Waals surface area contributed by atoms with Gasteiger partial charge in [-0.3, -0.25) is 4.79 Å². The highest BCUT2D eigenvalue weighted by Gasteiger charge is 2.25. The number of hydrogen-bond donors (Lipinski definition) is 0. The Kier molecular flexibility index (Phi) is 6.92. The van der Waals surface area contributed by atoms with Crippen molar-refractivity contribution in [2.24, 2.45) is 0 Å². The van der Waals surface area contributed by atoms with Gasteiger partial charge in [-0.05, 0) is 55.0 Å². The van der Waals surface area contributed by atoms with Gasteiger partial charge in [0.2, 0.25) is 0 Å². The Bertz CT molecular complexity index is 1310. The van der Waals surface area contributed by atoms with Gasteiger partial charge >= 0.3 is 0 Å². The molecule has 186 valence electrons. The van der Waals surface area contributed by atoms with Gasteiger partial charge < -0.3 is 19.3 Å². The summed E-state index contributed by atoms with van der Waals surface area (Å²) in [7, 11) is 1.63. The maximum Gasteiger partial charge on any atom is 0.253 e. The van der Waals surface area contributed by atoms with Crippen LogP contribution in [0.3, 0.4) is 0 Å². The molecule has 1 fully saturated rings. The third-order valence-electron chi connectivity index (χ3n) is 6.27. The van der Waals surface area contributed by atoms with E-state index in [1.54, 1.807) is 11.8 Å². The van der Waals surface area contributed by atoms with Crippen LogP contribution in [0.25, 0.3) is 16.9 Å².